The quantitative estimate of drug-likeness (QED) is 0.263. The van der Waals surface area contributed by atoms with Crippen molar-refractivity contribution >= 4 is 17.3 Å². The first-order valence-corrected chi connectivity index (χ1v) is 12.5. The van der Waals surface area contributed by atoms with E-state index in [1.54, 1.807) is 0 Å². The van der Waals surface area contributed by atoms with E-state index in [1.165, 1.54) is 5.57 Å². The number of ether oxygens (including phenoxy) is 2. The maximum absolute atomic E-state index is 13.1. The number of hydrogen-bond donors (Lipinski definition) is 2. The Labute approximate surface area is 218 Å². The Morgan fingerprint density at radius 2 is 1.78 bits per heavy atom. The van der Waals surface area contributed by atoms with Gasteiger partial charge in [-0.25, -0.2) is 4.79 Å². The summed E-state index contributed by atoms with van der Waals surface area (Å²) < 4.78 is 12.7. The third-order valence-electron chi connectivity index (χ3n) is 6.84. The van der Waals surface area contributed by atoms with Crippen LogP contribution >= 0.6 is 0 Å². The minimum atomic E-state index is -1.09. The number of allylic oxidation sites excluding steroid dienone is 4. The second-order valence-corrected chi connectivity index (χ2v) is 10.1. The van der Waals surface area contributed by atoms with Gasteiger partial charge in [0.15, 0.2) is 5.60 Å². The summed E-state index contributed by atoms with van der Waals surface area (Å²) in [6, 6.07) is 19.5. The Balaban J connectivity index is 1.62. The van der Waals surface area contributed by atoms with E-state index in [0.717, 1.165) is 34.5 Å². The number of esters is 1. The highest BCUT2D eigenvalue weighted by Gasteiger charge is 2.53. The van der Waals surface area contributed by atoms with Crippen LogP contribution in [-0.4, -0.2) is 18.6 Å². The van der Waals surface area contributed by atoms with Crippen LogP contribution in [-0.2, 0) is 10.3 Å². The van der Waals surface area contributed by atoms with E-state index in [2.05, 4.69) is 37.1 Å². The van der Waals surface area contributed by atoms with Crippen LogP contribution < -0.4 is 15.4 Å². The van der Waals surface area contributed by atoms with Crippen LogP contribution in [0.15, 0.2) is 97.1 Å². The number of carbonyl (C=O) groups is 1. The SMILES string of the molecule is C=C/C=C(\C=C/C)CC(C)(C)Nc1ccc2c(c1)C1(OC(=O)c3ccccc31)c1ccc(NC)cc1O2. The molecule has 2 heterocycles. The zero-order valence-electron chi connectivity index (χ0n) is 21.7. The minimum Gasteiger partial charge on any atom is -0.456 e. The van der Waals surface area contributed by atoms with Gasteiger partial charge in [0.1, 0.15) is 11.5 Å². The molecular formula is C32H32N2O3. The van der Waals surface area contributed by atoms with E-state index in [-0.39, 0.29) is 11.5 Å². The van der Waals surface area contributed by atoms with Gasteiger partial charge in [0.2, 0.25) is 0 Å². The van der Waals surface area contributed by atoms with Crippen molar-refractivity contribution in [1.82, 2.24) is 0 Å². The van der Waals surface area contributed by atoms with E-state index in [9.17, 15) is 4.79 Å². The number of anilines is 2. The molecule has 0 saturated heterocycles. The number of hydrogen-bond acceptors (Lipinski definition) is 5. The molecule has 1 spiro atoms. The number of fused-ring (bicyclic) bond motifs is 6. The van der Waals surface area contributed by atoms with Crippen LogP contribution in [0, 0.1) is 0 Å². The van der Waals surface area contributed by atoms with Crippen molar-refractivity contribution in [2.45, 2.75) is 38.3 Å². The van der Waals surface area contributed by atoms with E-state index >= 15 is 0 Å². The second kappa shape index (κ2) is 9.32. The van der Waals surface area contributed by atoms with Gasteiger partial charge < -0.3 is 20.1 Å². The maximum atomic E-state index is 13.1. The molecule has 5 heteroatoms. The summed E-state index contributed by atoms with van der Waals surface area (Å²) in [5.74, 6) is 0.988. The van der Waals surface area contributed by atoms with Crippen molar-refractivity contribution in [3.8, 4) is 11.5 Å². The molecule has 2 N–H and O–H groups in total. The van der Waals surface area contributed by atoms with Gasteiger partial charge in [0, 0.05) is 46.7 Å². The average molecular weight is 493 g/mol. The Morgan fingerprint density at radius 3 is 2.54 bits per heavy atom. The molecule has 3 aromatic carbocycles. The normalized spacial score (nSPS) is 18.1. The largest absolute Gasteiger partial charge is 0.456 e. The highest BCUT2D eigenvalue weighted by molar-refractivity contribution is 5.97. The van der Waals surface area contributed by atoms with E-state index < -0.39 is 5.60 Å². The predicted octanol–water partition coefficient (Wildman–Crippen LogP) is 7.57. The van der Waals surface area contributed by atoms with Gasteiger partial charge in [0.25, 0.3) is 0 Å². The van der Waals surface area contributed by atoms with Crippen molar-refractivity contribution in [2.75, 3.05) is 17.7 Å². The van der Waals surface area contributed by atoms with E-state index in [4.69, 9.17) is 9.47 Å². The average Bonchev–Trinajstić information content (AvgIpc) is 3.17. The molecule has 0 aliphatic carbocycles. The zero-order valence-corrected chi connectivity index (χ0v) is 21.7. The molecule has 0 amide bonds. The highest BCUT2D eigenvalue weighted by Crippen LogP contribution is 2.56. The first kappa shape index (κ1) is 24.4. The van der Waals surface area contributed by atoms with Crippen molar-refractivity contribution in [1.29, 1.82) is 0 Å². The Hall–Kier alpha value is -4.25. The third kappa shape index (κ3) is 4.20. The molecule has 1 unspecified atom stereocenters. The van der Waals surface area contributed by atoms with Gasteiger partial charge in [-0.05, 0) is 69.2 Å². The third-order valence-corrected chi connectivity index (χ3v) is 6.84. The van der Waals surface area contributed by atoms with Gasteiger partial charge in [-0.2, -0.15) is 0 Å². The Bertz CT molecular complexity index is 1450. The first-order valence-electron chi connectivity index (χ1n) is 12.5. The second-order valence-electron chi connectivity index (χ2n) is 10.1. The minimum absolute atomic E-state index is 0.255. The van der Waals surface area contributed by atoms with Crippen molar-refractivity contribution < 1.29 is 14.3 Å². The molecule has 1 atom stereocenters. The summed E-state index contributed by atoms with van der Waals surface area (Å²) in [6.07, 6.45) is 8.79. The smallest absolute Gasteiger partial charge is 0.340 e. The number of rotatable bonds is 7. The molecule has 0 radical (unpaired) electrons. The molecule has 37 heavy (non-hydrogen) atoms. The molecule has 0 saturated carbocycles. The predicted molar refractivity (Wildman–Crippen MR) is 150 cm³/mol. The molecule has 0 fully saturated rings. The van der Waals surface area contributed by atoms with Crippen molar-refractivity contribution in [3.05, 3.63) is 119 Å². The molecule has 3 aromatic rings. The van der Waals surface area contributed by atoms with Gasteiger partial charge in [-0.15, -0.1) is 0 Å². The number of benzene rings is 3. The molecular weight excluding hydrogens is 460 g/mol. The fourth-order valence-corrected chi connectivity index (χ4v) is 5.39. The lowest BCUT2D eigenvalue weighted by Gasteiger charge is -2.37. The standard InChI is InChI=1S/C32H32N2O3/c1-6-10-21(11-7-2)20-31(3,4)34-23-15-17-28-27(18-23)32(25-13-9-8-12-24(25)30(35)37-32)26-16-14-22(33-5)19-29(26)36-28/h6-19,33-34H,1,20H2,2-5H3/b11-7-,21-10+. The maximum Gasteiger partial charge on any atom is 0.340 e. The molecule has 0 bridgehead atoms. The first-order chi connectivity index (χ1) is 17.8. The van der Waals surface area contributed by atoms with Gasteiger partial charge in [-0.3, -0.25) is 0 Å². The van der Waals surface area contributed by atoms with Crippen LogP contribution in [0.25, 0.3) is 0 Å². The van der Waals surface area contributed by atoms with Crippen LogP contribution in [0.4, 0.5) is 11.4 Å². The Kier molecular flexibility index (Phi) is 6.16. The molecule has 2 aliphatic heterocycles. The molecule has 188 valence electrons. The summed E-state index contributed by atoms with van der Waals surface area (Å²) in [7, 11) is 1.87. The van der Waals surface area contributed by atoms with Crippen LogP contribution in [0.3, 0.4) is 0 Å². The van der Waals surface area contributed by atoms with Crippen molar-refractivity contribution in [3.63, 3.8) is 0 Å². The summed E-state index contributed by atoms with van der Waals surface area (Å²) in [5, 5.41) is 6.85. The summed E-state index contributed by atoms with van der Waals surface area (Å²) >= 11 is 0. The van der Waals surface area contributed by atoms with Crippen LogP contribution in [0.5, 0.6) is 11.5 Å². The highest BCUT2D eigenvalue weighted by atomic mass is 16.6. The molecule has 2 aliphatic rings. The number of nitrogens with one attached hydrogen (secondary N) is 2. The lowest BCUT2D eigenvalue weighted by molar-refractivity contribution is 0.0224. The Morgan fingerprint density at radius 1 is 1.00 bits per heavy atom. The van der Waals surface area contributed by atoms with E-state index in [0.29, 0.717) is 17.1 Å². The van der Waals surface area contributed by atoms with E-state index in [1.807, 2.05) is 92.9 Å². The molecule has 5 nitrogen and oxygen atoms in total. The van der Waals surface area contributed by atoms with Crippen LogP contribution in [0.2, 0.25) is 0 Å². The topological polar surface area (TPSA) is 59.6 Å². The van der Waals surface area contributed by atoms with Gasteiger partial charge in [0.05, 0.1) is 5.56 Å². The lowest BCUT2D eigenvalue weighted by atomic mass is 9.77. The fourth-order valence-electron chi connectivity index (χ4n) is 5.39. The van der Waals surface area contributed by atoms with Gasteiger partial charge >= 0.3 is 5.97 Å². The summed E-state index contributed by atoms with van der Waals surface area (Å²) in [5.41, 5.74) is 4.66. The van der Waals surface area contributed by atoms with Gasteiger partial charge in [-0.1, -0.05) is 49.1 Å². The van der Waals surface area contributed by atoms with Crippen molar-refractivity contribution in [2.24, 2.45) is 0 Å². The summed E-state index contributed by atoms with van der Waals surface area (Å²) in [4.78, 5) is 13.1. The summed E-state index contributed by atoms with van der Waals surface area (Å²) in [6.45, 7) is 10.2. The number of carbonyl (C=O) groups excluding carboxylic acids is 1. The molecule has 5 rings (SSSR count). The fraction of sp³-hybridized carbons (Fsp3) is 0.219. The monoisotopic (exact) mass is 492 g/mol. The van der Waals surface area contributed by atoms with Crippen LogP contribution in [0.1, 0.15) is 54.2 Å². The molecule has 0 aromatic heterocycles. The lowest BCUT2D eigenvalue weighted by Crippen LogP contribution is -2.34. The zero-order chi connectivity index (χ0) is 26.2.